The van der Waals surface area contributed by atoms with E-state index >= 15 is 0 Å². The third-order valence-electron chi connectivity index (χ3n) is 6.15. The summed E-state index contributed by atoms with van der Waals surface area (Å²) in [5.74, 6) is -0.443. The van der Waals surface area contributed by atoms with E-state index in [1.54, 1.807) is 43.9 Å². The number of rotatable bonds is 8. The Kier molecular flexibility index (Phi) is 6.81. The predicted octanol–water partition coefficient (Wildman–Crippen LogP) is 1.77. The Hall–Kier alpha value is -4.21. The van der Waals surface area contributed by atoms with E-state index in [4.69, 9.17) is 4.74 Å². The van der Waals surface area contributed by atoms with E-state index in [2.05, 4.69) is 20.6 Å². The summed E-state index contributed by atoms with van der Waals surface area (Å²) >= 11 is 0. The molecule has 35 heavy (non-hydrogen) atoms. The highest BCUT2D eigenvalue weighted by atomic mass is 16.5. The molecule has 1 aliphatic heterocycles. The Bertz CT molecular complexity index is 1220. The van der Waals surface area contributed by atoms with Gasteiger partial charge in [0.15, 0.2) is 5.69 Å². The molecule has 0 bridgehead atoms. The number of likely N-dealkylation sites (N-methyl/N-ethyl adjacent to an activating group) is 1. The lowest BCUT2D eigenvalue weighted by Gasteiger charge is -2.43. The van der Waals surface area contributed by atoms with Crippen LogP contribution in [0.4, 0.5) is 0 Å². The van der Waals surface area contributed by atoms with Crippen molar-refractivity contribution in [3.05, 3.63) is 77.6 Å². The second-order valence-corrected chi connectivity index (χ2v) is 8.43. The van der Waals surface area contributed by atoms with Crippen molar-refractivity contribution in [2.75, 3.05) is 13.7 Å². The molecule has 10 heteroatoms. The van der Waals surface area contributed by atoms with Gasteiger partial charge >= 0.3 is 0 Å². The van der Waals surface area contributed by atoms with Gasteiger partial charge in [0.05, 0.1) is 32.2 Å². The van der Waals surface area contributed by atoms with E-state index < -0.39 is 17.4 Å². The van der Waals surface area contributed by atoms with Gasteiger partial charge in [0, 0.05) is 19.3 Å². The highest BCUT2D eigenvalue weighted by molar-refractivity contribution is 6.07. The number of carbonyl (C=O) groups is 3. The van der Waals surface area contributed by atoms with Crippen LogP contribution in [0.15, 0.2) is 55.0 Å². The zero-order chi connectivity index (χ0) is 25.0. The fourth-order valence-electron chi connectivity index (χ4n) is 4.22. The molecule has 2 aromatic heterocycles. The van der Waals surface area contributed by atoms with Gasteiger partial charge in [0.25, 0.3) is 11.8 Å². The molecule has 182 valence electrons. The normalized spacial score (nSPS) is 17.0. The van der Waals surface area contributed by atoms with Gasteiger partial charge in [-0.15, -0.1) is 0 Å². The lowest BCUT2D eigenvalue weighted by atomic mass is 9.94. The lowest BCUT2D eigenvalue weighted by molar-refractivity contribution is -0.132. The van der Waals surface area contributed by atoms with Crippen molar-refractivity contribution < 1.29 is 19.1 Å². The Labute approximate surface area is 203 Å². The topological polar surface area (TPSA) is 118 Å². The first-order valence-electron chi connectivity index (χ1n) is 11.3. The van der Waals surface area contributed by atoms with Crippen LogP contribution in [0.1, 0.15) is 46.1 Å². The number of imidazole rings is 1. The number of pyridine rings is 1. The summed E-state index contributed by atoms with van der Waals surface area (Å²) in [4.78, 5) is 49.4. The summed E-state index contributed by atoms with van der Waals surface area (Å²) in [7, 11) is 1.59. The minimum atomic E-state index is -1.15. The monoisotopic (exact) mass is 476 g/mol. The summed E-state index contributed by atoms with van der Waals surface area (Å²) in [5, 5.41) is 5.70. The van der Waals surface area contributed by atoms with E-state index in [0.717, 1.165) is 11.3 Å². The van der Waals surface area contributed by atoms with Gasteiger partial charge in [-0.1, -0.05) is 18.2 Å². The molecular weight excluding hydrogens is 448 g/mol. The number of fused-ring (bicyclic) bond motifs is 1. The summed E-state index contributed by atoms with van der Waals surface area (Å²) in [6.07, 6.45) is 3.08. The van der Waals surface area contributed by atoms with Gasteiger partial charge in [0.1, 0.15) is 17.0 Å². The molecule has 0 fully saturated rings. The van der Waals surface area contributed by atoms with Crippen LogP contribution in [0.25, 0.3) is 0 Å². The second kappa shape index (κ2) is 9.96. The van der Waals surface area contributed by atoms with E-state index in [1.807, 2.05) is 30.3 Å². The SMILES string of the molecule is CCN1C(=O)c2c(C(=O)NCc3ccccn3)ncn2C[C@@]1(C)C(=O)NCc1ccc(OC)cc1. The van der Waals surface area contributed by atoms with Gasteiger partial charge < -0.3 is 24.8 Å². The second-order valence-electron chi connectivity index (χ2n) is 8.43. The maximum Gasteiger partial charge on any atom is 0.273 e. The van der Waals surface area contributed by atoms with Crippen molar-refractivity contribution in [2.24, 2.45) is 0 Å². The minimum Gasteiger partial charge on any atom is -0.497 e. The summed E-state index contributed by atoms with van der Waals surface area (Å²) in [5.41, 5.74) is 0.656. The number of nitrogens with zero attached hydrogens (tertiary/aromatic N) is 4. The van der Waals surface area contributed by atoms with Gasteiger partial charge in [-0.25, -0.2) is 4.98 Å². The molecular formula is C25H28N6O4. The van der Waals surface area contributed by atoms with Crippen LogP contribution in [-0.4, -0.2) is 56.3 Å². The molecule has 0 radical (unpaired) electrons. The van der Waals surface area contributed by atoms with Gasteiger partial charge in [0.2, 0.25) is 5.91 Å². The van der Waals surface area contributed by atoms with Crippen LogP contribution < -0.4 is 15.4 Å². The summed E-state index contributed by atoms with van der Waals surface area (Å²) in [6.45, 7) is 4.52. The average Bonchev–Trinajstić information content (AvgIpc) is 3.30. The van der Waals surface area contributed by atoms with Crippen molar-refractivity contribution >= 4 is 17.7 Å². The third kappa shape index (κ3) is 4.72. The molecule has 10 nitrogen and oxygen atoms in total. The molecule has 1 atom stereocenters. The Balaban J connectivity index is 1.50. The largest absolute Gasteiger partial charge is 0.497 e. The highest BCUT2D eigenvalue weighted by Gasteiger charge is 2.48. The molecule has 0 unspecified atom stereocenters. The smallest absolute Gasteiger partial charge is 0.273 e. The van der Waals surface area contributed by atoms with Gasteiger partial charge in [-0.2, -0.15) is 0 Å². The molecule has 3 heterocycles. The Morgan fingerprint density at radius 3 is 2.51 bits per heavy atom. The first-order valence-corrected chi connectivity index (χ1v) is 11.3. The van der Waals surface area contributed by atoms with Gasteiger partial charge in [-0.3, -0.25) is 19.4 Å². The molecule has 1 aromatic carbocycles. The fourth-order valence-corrected chi connectivity index (χ4v) is 4.22. The van der Waals surface area contributed by atoms with Crippen molar-refractivity contribution in [1.29, 1.82) is 0 Å². The van der Waals surface area contributed by atoms with Gasteiger partial charge in [-0.05, 0) is 43.7 Å². The first kappa shape index (κ1) is 23.9. The zero-order valence-corrected chi connectivity index (χ0v) is 19.9. The summed E-state index contributed by atoms with van der Waals surface area (Å²) in [6, 6.07) is 12.8. The lowest BCUT2D eigenvalue weighted by Crippen LogP contribution is -2.63. The number of nitrogens with one attached hydrogen (secondary N) is 2. The van der Waals surface area contributed by atoms with Crippen molar-refractivity contribution in [3.8, 4) is 5.75 Å². The molecule has 3 aromatic rings. The average molecular weight is 477 g/mol. The molecule has 0 saturated carbocycles. The Morgan fingerprint density at radius 2 is 1.86 bits per heavy atom. The number of hydrogen-bond acceptors (Lipinski definition) is 6. The predicted molar refractivity (Wildman–Crippen MR) is 128 cm³/mol. The van der Waals surface area contributed by atoms with Crippen LogP contribution in [0.5, 0.6) is 5.75 Å². The maximum absolute atomic E-state index is 13.5. The summed E-state index contributed by atoms with van der Waals surface area (Å²) < 4.78 is 6.74. The molecule has 1 aliphatic rings. The van der Waals surface area contributed by atoms with Crippen molar-refractivity contribution in [2.45, 2.75) is 39.0 Å². The number of ether oxygens (including phenoxy) is 1. The first-order chi connectivity index (χ1) is 16.9. The van der Waals surface area contributed by atoms with Crippen LogP contribution in [0, 0.1) is 0 Å². The number of methoxy groups -OCH3 is 1. The van der Waals surface area contributed by atoms with E-state index in [9.17, 15) is 14.4 Å². The number of carbonyl (C=O) groups excluding carboxylic acids is 3. The molecule has 0 spiro atoms. The minimum absolute atomic E-state index is 0.0325. The zero-order valence-electron chi connectivity index (χ0n) is 19.9. The molecule has 3 amide bonds. The number of amides is 3. The quantitative estimate of drug-likeness (QED) is 0.512. The van der Waals surface area contributed by atoms with Crippen molar-refractivity contribution in [1.82, 2.24) is 30.1 Å². The van der Waals surface area contributed by atoms with Crippen LogP contribution >= 0.6 is 0 Å². The number of hydrogen-bond donors (Lipinski definition) is 2. The van der Waals surface area contributed by atoms with E-state index in [-0.39, 0.29) is 30.4 Å². The fraction of sp³-hybridized carbons (Fsp3) is 0.320. The van der Waals surface area contributed by atoms with E-state index in [0.29, 0.717) is 18.8 Å². The van der Waals surface area contributed by atoms with Crippen molar-refractivity contribution in [3.63, 3.8) is 0 Å². The Morgan fingerprint density at radius 1 is 1.09 bits per heavy atom. The third-order valence-corrected chi connectivity index (χ3v) is 6.15. The molecule has 0 saturated heterocycles. The van der Waals surface area contributed by atoms with Crippen LogP contribution in [-0.2, 0) is 24.4 Å². The highest BCUT2D eigenvalue weighted by Crippen LogP contribution is 2.29. The van der Waals surface area contributed by atoms with E-state index in [1.165, 1.54) is 11.2 Å². The number of benzene rings is 1. The number of aromatic nitrogens is 3. The van der Waals surface area contributed by atoms with Crippen LogP contribution in [0.3, 0.4) is 0 Å². The maximum atomic E-state index is 13.5. The van der Waals surface area contributed by atoms with Crippen LogP contribution in [0.2, 0.25) is 0 Å². The molecule has 2 N–H and O–H groups in total. The molecule has 0 aliphatic carbocycles. The molecule has 4 rings (SSSR count). The standard InChI is InChI=1S/C25H28N6O4/c1-4-31-23(33)21-20(22(32)27-14-18-7-5-6-12-26-18)29-16-30(21)15-25(31,2)24(34)28-13-17-8-10-19(35-3)11-9-17/h5-12,16H,4,13-15H2,1-3H3,(H,27,32)(H,28,34)/t25-/m0/s1.